The van der Waals surface area contributed by atoms with Crippen LogP contribution in [0.15, 0.2) is 48.5 Å². The van der Waals surface area contributed by atoms with Gasteiger partial charge in [-0.2, -0.15) is 0 Å². The van der Waals surface area contributed by atoms with Crippen LogP contribution in [-0.4, -0.2) is 48.5 Å². The van der Waals surface area contributed by atoms with E-state index in [2.05, 4.69) is 36.1 Å². The summed E-state index contributed by atoms with van der Waals surface area (Å²) in [6.45, 7) is 5.70. The molecule has 2 aromatic carbocycles. The SMILES string of the molecule is COc1ccc(C(=O)N2C[C@H]3CN(Cc4ccccc4)C[C@H]3[C@@H]2C)c(F)c1. The van der Waals surface area contributed by atoms with Crippen LogP contribution in [0.2, 0.25) is 0 Å². The van der Waals surface area contributed by atoms with Gasteiger partial charge in [-0.05, 0) is 36.5 Å². The number of hydrogen-bond donors (Lipinski definition) is 0. The van der Waals surface area contributed by atoms with Crippen molar-refractivity contribution in [3.8, 4) is 5.75 Å². The third-order valence-corrected chi connectivity index (χ3v) is 6.03. The molecule has 3 atom stereocenters. The third-order valence-electron chi connectivity index (χ3n) is 6.03. The Labute approximate surface area is 159 Å². The second-order valence-corrected chi connectivity index (χ2v) is 7.65. The van der Waals surface area contributed by atoms with Gasteiger partial charge in [-0.15, -0.1) is 0 Å². The highest BCUT2D eigenvalue weighted by Crippen LogP contribution is 2.37. The second kappa shape index (κ2) is 7.31. The molecular weight excluding hydrogens is 343 g/mol. The molecule has 0 spiro atoms. The van der Waals surface area contributed by atoms with Gasteiger partial charge >= 0.3 is 0 Å². The predicted molar refractivity (Wildman–Crippen MR) is 102 cm³/mol. The predicted octanol–water partition coefficient (Wildman–Crippen LogP) is 3.43. The fraction of sp³-hybridized carbons (Fsp3) is 0.409. The number of rotatable bonds is 4. The van der Waals surface area contributed by atoms with E-state index in [0.29, 0.717) is 24.1 Å². The van der Waals surface area contributed by atoms with Crippen molar-refractivity contribution in [1.82, 2.24) is 9.80 Å². The molecule has 2 aliphatic heterocycles. The van der Waals surface area contributed by atoms with Crippen molar-refractivity contribution in [1.29, 1.82) is 0 Å². The topological polar surface area (TPSA) is 32.8 Å². The van der Waals surface area contributed by atoms with Gasteiger partial charge in [0.15, 0.2) is 0 Å². The summed E-state index contributed by atoms with van der Waals surface area (Å²) in [6.07, 6.45) is 0. The van der Waals surface area contributed by atoms with Crippen LogP contribution in [0.3, 0.4) is 0 Å². The number of ether oxygens (including phenoxy) is 1. The molecular formula is C22H25FN2O2. The summed E-state index contributed by atoms with van der Waals surface area (Å²) in [7, 11) is 1.49. The minimum absolute atomic E-state index is 0.116. The number of amides is 1. The van der Waals surface area contributed by atoms with Gasteiger partial charge in [0.2, 0.25) is 0 Å². The summed E-state index contributed by atoms with van der Waals surface area (Å²) in [5, 5.41) is 0. The van der Waals surface area contributed by atoms with Gasteiger partial charge in [0.05, 0.1) is 12.7 Å². The Morgan fingerprint density at radius 3 is 2.59 bits per heavy atom. The highest BCUT2D eigenvalue weighted by atomic mass is 19.1. The maximum absolute atomic E-state index is 14.3. The molecule has 2 heterocycles. The maximum Gasteiger partial charge on any atom is 0.257 e. The number of carbonyl (C=O) groups excluding carboxylic acids is 1. The van der Waals surface area contributed by atoms with E-state index >= 15 is 0 Å². The zero-order valence-electron chi connectivity index (χ0n) is 15.8. The van der Waals surface area contributed by atoms with Crippen molar-refractivity contribution in [3.63, 3.8) is 0 Å². The van der Waals surface area contributed by atoms with Gasteiger partial charge in [-0.25, -0.2) is 4.39 Å². The molecule has 142 valence electrons. The molecule has 0 aliphatic carbocycles. The zero-order chi connectivity index (χ0) is 19.0. The van der Waals surface area contributed by atoms with Crippen molar-refractivity contribution < 1.29 is 13.9 Å². The molecule has 2 saturated heterocycles. The second-order valence-electron chi connectivity index (χ2n) is 7.65. The first-order valence-electron chi connectivity index (χ1n) is 9.47. The quantitative estimate of drug-likeness (QED) is 0.829. The standard InChI is InChI=1S/C22H25FN2O2/c1-15-20-14-24(11-16-6-4-3-5-7-16)12-17(20)13-25(15)22(26)19-9-8-18(27-2)10-21(19)23/h3-10,15,17,20H,11-14H2,1-2H3/t15-,17+,20-/m0/s1. The van der Waals surface area contributed by atoms with E-state index in [9.17, 15) is 9.18 Å². The molecule has 5 heteroatoms. The van der Waals surface area contributed by atoms with E-state index < -0.39 is 5.82 Å². The van der Waals surface area contributed by atoms with E-state index in [1.165, 1.54) is 24.8 Å². The largest absolute Gasteiger partial charge is 0.497 e. The van der Waals surface area contributed by atoms with Gasteiger partial charge in [0.1, 0.15) is 11.6 Å². The molecule has 27 heavy (non-hydrogen) atoms. The summed E-state index contributed by atoms with van der Waals surface area (Å²) in [5.41, 5.74) is 1.45. The number of nitrogens with zero attached hydrogens (tertiary/aromatic N) is 2. The molecule has 2 aliphatic rings. The number of halogens is 1. The van der Waals surface area contributed by atoms with E-state index in [1.54, 1.807) is 6.07 Å². The summed E-state index contributed by atoms with van der Waals surface area (Å²) >= 11 is 0. The van der Waals surface area contributed by atoms with Crippen LogP contribution >= 0.6 is 0 Å². The molecule has 0 bridgehead atoms. The normalized spacial score (nSPS) is 24.9. The number of methoxy groups -OCH3 is 1. The number of fused-ring (bicyclic) bond motifs is 1. The average molecular weight is 368 g/mol. The van der Waals surface area contributed by atoms with Crippen LogP contribution < -0.4 is 4.74 Å². The van der Waals surface area contributed by atoms with Crippen LogP contribution in [-0.2, 0) is 6.54 Å². The smallest absolute Gasteiger partial charge is 0.257 e. The lowest BCUT2D eigenvalue weighted by Crippen LogP contribution is -2.39. The van der Waals surface area contributed by atoms with Crippen molar-refractivity contribution in [2.24, 2.45) is 11.8 Å². The lowest BCUT2D eigenvalue weighted by atomic mass is 9.95. The number of benzene rings is 2. The van der Waals surface area contributed by atoms with Crippen LogP contribution in [0.5, 0.6) is 5.75 Å². The van der Waals surface area contributed by atoms with Crippen LogP contribution in [0, 0.1) is 17.7 Å². The molecule has 2 fully saturated rings. The first-order chi connectivity index (χ1) is 13.1. The van der Waals surface area contributed by atoms with E-state index in [-0.39, 0.29) is 17.5 Å². The van der Waals surface area contributed by atoms with Crippen LogP contribution in [0.1, 0.15) is 22.8 Å². The summed E-state index contributed by atoms with van der Waals surface area (Å²) < 4.78 is 19.4. The van der Waals surface area contributed by atoms with E-state index in [0.717, 1.165) is 19.6 Å². The first kappa shape index (κ1) is 18.0. The Morgan fingerprint density at radius 1 is 1.15 bits per heavy atom. The number of hydrogen-bond acceptors (Lipinski definition) is 3. The molecule has 0 radical (unpaired) electrons. The lowest BCUT2D eigenvalue weighted by molar-refractivity contribution is 0.0711. The molecule has 4 nitrogen and oxygen atoms in total. The fourth-order valence-corrected chi connectivity index (χ4v) is 4.57. The molecule has 0 aromatic heterocycles. The minimum atomic E-state index is -0.519. The Balaban J connectivity index is 1.43. The Morgan fingerprint density at radius 2 is 1.93 bits per heavy atom. The van der Waals surface area contributed by atoms with Gasteiger partial charge < -0.3 is 9.64 Å². The monoisotopic (exact) mass is 368 g/mol. The highest BCUT2D eigenvalue weighted by Gasteiger charge is 2.46. The summed E-state index contributed by atoms with van der Waals surface area (Å²) in [6, 6.07) is 15.0. The lowest BCUT2D eigenvalue weighted by Gasteiger charge is -2.27. The minimum Gasteiger partial charge on any atom is -0.497 e. The summed E-state index contributed by atoms with van der Waals surface area (Å²) in [4.78, 5) is 17.2. The Bertz CT molecular complexity index is 826. The molecule has 4 rings (SSSR count). The van der Waals surface area contributed by atoms with Crippen molar-refractivity contribution in [3.05, 3.63) is 65.5 Å². The zero-order valence-corrected chi connectivity index (χ0v) is 15.8. The van der Waals surface area contributed by atoms with Gasteiger partial charge in [0.25, 0.3) is 5.91 Å². The average Bonchev–Trinajstić information content (AvgIpc) is 3.20. The molecule has 1 amide bonds. The van der Waals surface area contributed by atoms with Gasteiger partial charge in [0, 0.05) is 38.3 Å². The van der Waals surface area contributed by atoms with Gasteiger partial charge in [-0.1, -0.05) is 30.3 Å². The molecule has 0 saturated carbocycles. The van der Waals surface area contributed by atoms with Gasteiger partial charge in [-0.3, -0.25) is 9.69 Å². The van der Waals surface area contributed by atoms with Crippen molar-refractivity contribution >= 4 is 5.91 Å². The van der Waals surface area contributed by atoms with Crippen molar-refractivity contribution in [2.75, 3.05) is 26.7 Å². The number of likely N-dealkylation sites (tertiary alicyclic amines) is 2. The molecule has 0 N–H and O–H groups in total. The molecule has 0 unspecified atom stereocenters. The molecule has 2 aromatic rings. The maximum atomic E-state index is 14.3. The van der Waals surface area contributed by atoms with E-state index in [1.807, 2.05) is 11.0 Å². The number of carbonyl (C=O) groups is 1. The van der Waals surface area contributed by atoms with E-state index in [4.69, 9.17) is 4.74 Å². The Hall–Kier alpha value is -2.40. The van der Waals surface area contributed by atoms with Crippen LogP contribution in [0.25, 0.3) is 0 Å². The van der Waals surface area contributed by atoms with Crippen LogP contribution in [0.4, 0.5) is 4.39 Å². The summed E-state index contributed by atoms with van der Waals surface area (Å²) in [5.74, 6) is 0.584. The van der Waals surface area contributed by atoms with Crippen molar-refractivity contribution in [2.45, 2.75) is 19.5 Å². The third kappa shape index (κ3) is 3.44. The Kier molecular flexibility index (Phi) is 4.87. The first-order valence-corrected chi connectivity index (χ1v) is 9.47. The fourth-order valence-electron chi connectivity index (χ4n) is 4.57. The highest BCUT2D eigenvalue weighted by molar-refractivity contribution is 5.95.